The van der Waals surface area contributed by atoms with Gasteiger partial charge in [0, 0.05) is 23.1 Å². The van der Waals surface area contributed by atoms with E-state index in [1.165, 1.54) is 0 Å². The summed E-state index contributed by atoms with van der Waals surface area (Å²) < 4.78 is 10.6. The summed E-state index contributed by atoms with van der Waals surface area (Å²) >= 11 is 0. The molecule has 104 valence electrons. The Morgan fingerprint density at radius 3 is 2.84 bits per heavy atom. The van der Waals surface area contributed by atoms with Crippen LogP contribution in [0, 0.1) is 0 Å². The van der Waals surface area contributed by atoms with Gasteiger partial charge in [0.2, 0.25) is 0 Å². The third kappa shape index (κ3) is 2.95. The van der Waals surface area contributed by atoms with Gasteiger partial charge in [-0.05, 0) is 13.0 Å². The van der Waals surface area contributed by atoms with E-state index in [1.807, 2.05) is 13.0 Å². The van der Waals surface area contributed by atoms with Crippen LogP contribution in [0.25, 0.3) is 0 Å². The molecule has 0 amide bonds. The maximum atomic E-state index is 12.1. The van der Waals surface area contributed by atoms with Gasteiger partial charge in [-0.1, -0.05) is 20.8 Å². The summed E-state index contributed by atoms with van der Waals surface area (Å²) in [6, 6.07) is 1.89. The molecule has 1 aliphatic heterocycles. The van der Waals surface area contributed by atoms with Crippen molar-refractivity contribution in [1.82, 2.24) is 4.98 Å². The first-order valence-electron chi connectivity index (χ1n) is 6.71. The van der Waals surface area contributed by atoms with Crippen molar-refractivity contribution in [2.45, 2.75) is 46.1 Å². The second-order valence-electron chi connectivity index (χ2n) is 5.76. The molecule has 2 rings (SSSR count). The highest BCUT2D eigenvalue weighted by molar-refractivity contribution is 5.91. The molecule has 0 N–H and O–H groups in total. The van der Waals surface area contributed by atoms with E-state index in [0.29, 0.717) is 25.4 Å². The number of carbonyl (C=O) groups excluding carboxylic acids is 1. The third-order valence-electron chi connectivity index (χ3n) is 3.14. The Balaban J connectivity index is 2.52. The lowest BCUT2D eigenvalue weighted by molar-refractivity contribution is 0.0521. The van der Waals surface area contributed by atoms with Crippen LogP contribution in [0.1, 0.15) is 55.0 Å². The zero-order valence-corrected chi connectivity index (χ0v) is 12.1. The van der Waals surface area contributed by atoms with E-state index in [2.05, 4.69) is 20.8 Å². The van der Waals surface area contributed by atoms with Crippen LogP contribution >= 0.6 is 0 Å². The summed E-state index contributed by atoms with van der Waals surface area (Å²) in [7, 11) is 0. The SMILES string of the molecule is CCOC(=O)c1cc2c(nc1C(C)(C)C)CCOC2. The second kappa shape index (κ2) is 5.29. The van der Waals surface area contributed by atoms with Crippen LogP contribution in [0.15, 0.2) is 6.07 Å². The Bertz CT molecular complexity index is 489. The topological polar surface area (TPSA) is 48.4 Å². The molecule has 0 saturated carbocycles. The Kier molecular flexibility index (Phi) is 3.90. The first-order valence-corrected chi connectivity index (χ1v) is 6.71. The van der Waals surface area contributed by atoms with Crippen molar-refractivity contribution < 1.29 is 14.3 Å². The monoisotopic (exact) mass is 263 g/mol. The van der Waals surface area contributed by atoms with Crippen LogP contribution in [0.4, 0.5) is 0 Å². The summed E-state index contributed by atoms with van der Waals surface area (Å²) in [6.07, 6.45) is 0.807. The summed E-state index contributed by atoms with van der Waals surface area (Å²) in [5, 5.41) is 0. The maximum absolute atomic E-state index is 12.1. The minimum Gasteiger partial charge on any atom is -0.462 e. The van der Waals surface area contributed by atoms with Crippen LogP contribution in [0.2, 0.25) is 0 Å². The average molecular weight is 263 g/mol. The molecule has 0 unspecified atom stereocenters. The fraction of sp³-hybridized carbons (Fsp3) is 0.600. The van der Waals surface area contributed by atoms with E-state index >= 15 is 0 Å². The molecule has 0 aliphatic carbocycles. The van der Waals surface area contributed by atoms with E-state index in [1.54, 1.807) is 0 Å². The van der Waals surface area contributed by atoms with Crippen molar-refractivity contribution in [3.05, 3.63) is 28.6 Å². The van der Waals surface area contributed by atoms with Crippen molar-refractivity contribution in [1.29, 1.82) is 0 Å². The zero-order chi connectivity index (χ0) is 14.0. The van der Waals surface area contributed by atoms with E-state index in [4.69, 9.17) is 14.5 Å². The van der Waals surface area contributed by atoms with Crippen molar-refractivity contribution in [3.63, 3.8) is 0 Å². The standard InChI is InChI=1S/C15H21NO3/c1-5-19-14(17)11-8-10-9-18-7-6-12(10)16-13(11)15(2,3)4/h8H,5-7,9H2,1-4H3. The molecular weight excluding hydrogens is 242 g/mol. The van der Waals surface area contributed by atoms with Crippen molar-refractivity contribution in [3.8, 4) is 0 Å². The molecule has 2 heterocycles. The molecule has 0 bridgehead atoms. The van der Waals surface area contributed by atoms with Crippen molar-refractivity contribution in [2.24, 2.45) is 0 Å². The predicted octanol–water partition coefficient (Wildman–Crippen LogP) is 2.63. The van der Waals surface area contributed by atoms with Crippen molar-refractivity contribution in [2.75, 3.05) is 13.2 Å². The van der Waals surface area contributed by atoms with E-state index < -0.39 is 0 Å². The van der Waals surface area contributed by atoms with Crippen LogP contribution in [0.5, 0.6) is 0 Å². The normalized spacial score (nSPS) is 14.9. The largest absolute Gasteiger partial charge is 0.462 e. The van der Waals surface area contributed by atoms with Gasteiger partial charge in [-0.25, -0.2) is 4.79 Å². The molecular formula is C15H21NO3. The Hall–Kier alpha value is -1.42. The minimum absolute atomic E-state index is 0.185. The number of fused-ring (bicyclic) bond motifs is 1. The van der Waals surface area contributed by atoms with Crippen molar-refractivity contribution >= 4 is 5.97 Å². The number of pyridine rings is 1. The molecule has 1 aromatic rings. The average Bonchev–Trinajstić information content (AvgIpc) is 2.36. The first kappa shape index (κ1) is 14.0. The molecule has 19 heavy (non-hydrogen) atoms. The summed E-state index contributed by atoms with van der Waals surface area (Å²) in [6.45, 7) is 9.58. The van der Waals surface area contributed by atoms with Crippen LogP contribution in [-0.4, -0.2) is 24.2 Å². The summed E-state index contributed by atoms with van der Waals surface area (Å²) in [5.41, 5.74) is 3.24. The van der Waals surface area contributed by atoms with Gasteiger partial charge in [0.1, 0.15) is 0 Å². The van der Waals surface area contributed by atoms with Gasteiger partial charge in [-0.3, -0.25) is 4.98 Å². The summed E-state index contributed by atoms with van der Waals surface area (Å²) in [4.78, 5) is 16.8. The highest BCUT2D eigenvalue weighted by Gasteiger charge is 2.27. The van der Waals surface area contributed by atoms with Crippen LogP contribution in [0.3, 0.4) is 0 Å². The number of ether oxygens (including phenoxy) is 2. The molecule has 0 aromatic carbocycles. The second-order valence-corrected chi connectivity index (χ2v) is 5.76. The summed E-state index contributed by atoms with van der Waals surface area (Å²) in [5.74, 6) is -0.298. The lowest BCUT2D eigenvalue weighted by atomic mass is 9.87. The number of hydrogen-bond donors (Lipinski definition) is 0. The lowest BCUT2D eigenvalue weighted by Crippen LogP contribution is -2.24. The first-order chi connectivity index (χ1) is 8.93. The highest BCUT2D eigenvalue weighted by atomic mass is 16.5. The molecule has 0 fully saturated rings. The van der Waals surface area contributed by atoms with Gasteiger partial charge in [0.05, 0.1) is 31.1 Å². The number of carbonyl (C=O) groups is 1. The third-order valence-corrected chi connectivity index (χ3v) is 3.14. The van der Waals surface area contributed by atoms with Gasteiger partial charge >= 0.3 is 5.97 Å². The van der Waals surface area contributed by atoms with Gasteiger partial charge in [0.15, 0.2) is 0 Å². The number of rotatable bonds is 2. The number of esters is 1. The fourth-order valence-electron chi connectivity index (χ4n) is 2.22. The molecule has 0 saturated heterocycles. The number of aromatic nitrogens is 1. The molecule has 4 nitrogen and oxygen atoms in total. The van der Waals surface area contributed by atoms with Gasteiger partial charge in [-0.2, -0.15) is 0 Å². The fourth-order valence-corrected chi connectivity index (χ4v) is 2.22. The van der Waals surface area contributed by atoms with Crippen LogP contribution < -0.4 is 0 Å². The Morgan fingerprint density at radius 2 is 2.21 bits per heavy atom. The smallest absolute Gasteiger partial charge is 0.340 e. The van der Waals surface area contributed by atoms with E-state index in [-0.39, 0.29) is 11.4 Å². The minimum atomic E-state index is -0.298. The molecule has 0 spiro atoms. The quantitative estimate of drug-likeness (QED) is 0.770. The molecule has 1 aromatic heterocycles. The number of nitrogens with zero attached hydrogens (tertiary/aromatic N) is 1. The van der Waals surface area contributed by atoms with Gasteiger partial charge in [-0.15, -0.1) is 0 Å². The molecule has 0 atom stereocenters. The Morgan fingerprint density at radius 1 is 1.47 bits per heavy atom. The van der Waals surface area contributed by atoms with Gasteiger partial charge < -0.3 is 9.47 Å². The predicted molar refractivity (Wildman–Crippen MR) is 72.3 cm³/mol. The van der Waals surface area contributed by atoms with E-state index in [0.717, 1.165) is 23.4 Å². The molecule has 0 radical (unpaired) electrons. The van der Waals surface area contributed by atoms with Crippen LogP contribution in [-0.2, 0) is 27.9 Å². The highest BCUT2D eigenvalue weighted by Crippen LogP contribution is 2.28. The lowest BCUT2D eigenvalue weighted by Gasteiger charge is -2.25. The maximum Gasteiger partial charge on any atom is 0.340 e. The zero-order valence-electron chi connectivity index (χ0n) is 12.1. The van der Waals surface area contributed by atoms with E-state index in [9.17, 15) is 4.79 Å². The number of hydrogen-bond acceptors (Lipinski definition) is 4. The van der Waals surface area contributed by atoms with Gasteiger partial charge in [0.25, 0.3) is 0 Å². The molecule has 4 heteroatoms. The Labute approximate surface area is 114 Å². The molecule has 1 aliphatic rings.